The van der Waals surface area contributed by atoms with Gasteiger partial charge in [0.1, 0.15) is 11.4 Å². The normalized spacial score (nSPS) is 11.5. The first-order valence-corrected chi connectivity index (χ1v) is 7.32. The molecule has 0 aliphatic rings. The van der Waals surface area contributed by atoms with Crippen molar-refractivity contribution in [3.63, 3.8) is 0 Å². The second kappa shape index (κ2) is 6.53. The molecule has 0 bridgehead atoms. The molecular formula is C18H24N+. The fourth-order valence-corrected chi connectivity index (χ4v) is 2.79. The monoisotopic (exact) mass is 254 g/mol. The molecule has 0 aliphatic heterocycles. The van der Waals surface area contributed by atoms with Crippen molar-refractivity contribution in [3.05, 3.63) is 60.7 Å². The van der Waals surface area contributed by atoms with E-state index in [0.29, 0.717) is 0 Å². The third-order valence-electron chi connectivity index (χ3n) is 3.93. The lowest BCUT2D eigenvalue weighted by atomic mass is 10.1. The third kappa shape index (κ3) is 2.87. The Hall–Kier alpha value is -1.60. The summed E-state index contributed by atoms with van der Waals surface area (Å²) in [6, 6.07) is 21.8. The van der Waals surface area contributed by atoms with Crippen LogP contribution in [-0.2, 0) is 0 Å². The van der Waals surface area contributed by atoms with Crippen LogP contribution in [0.2, 0.25) is 0 Å². The van der Waals surface area contributed by atoms with Crippen LogP contribution in [0, 0.1) is 0 Å². The highest BCUT2D eigenvalue weighted by atomic mass is 15.4. The summed E-state index contributed by atoms with van der Waals surface area (Å²) in [6.45, 7) is 6.81. The van der Waals surface area contributed by atoms with Crippen molar-refractivity contribution < 1.29 is 0 Å². The number of hydrogen-bond donors (Lipinski definition) is 0. The van der Waals surface area contributed by atoms with Gasteiger partial charge in [0.25, 0.3) is 0 Å². The molecular weight excluding hydrogens is 230 g/mol. The second-order valence-corrected chi connectivity index (χ2v) is 5.03. The van der Waals surface area contributed by atoms with Gasteiger partial charge < -0.3 is 0 Å². The van der Waals surface area contributed by atoms with Crippen LogP contribution in [-0.4, -0.2) is 13.1 Å². The quantitative estimate of drug-likeness (QED) is 0.626. The molecule has 0 unspecified atom stereocenters. The SMILES string of the molecule is CCCC[N+](CC)(c1ccccc1)c1ccccc1. The average Bonchev–Trinajstić information content (AvgIpc) is 2.51. The number of unbranched alkanes of at least 4 members (excludes halogenated alkanes) is 1. The molecule has 0 fully saturated rings. The molecule has 0 amide bonds. The Labute approximate surface area is 117 Å². The standard InChI is InChI=1S/C18H24N/c1-3-5-16-19(4-2,17-12-8-6-9-13-17)18-14-10-7-11-15-18/h6-15H,3-5,16H2,1-2H3/q+1. The zero-order valence-corrected chi connectivity index (χ0v) is 12.0. The summed E-state index contributed by atoms with van der Waals surface area (Å²) in [6.07, 6.45) is 2.48. The van der Waals surface area contributed by atoms with E-state index in [9.17, 15) is 0 Å². The Balaban J connectivity index is 2.48. The van der Waals surface area contributed by atoms with Crippen LogP contribution in [0.25, 0.3) is 0 Å². The highest BCUT2D eigenvalue weighted by molar-refractivity contribution is 5.58. The lowest BCUT2D eigenvalue weighted by Crippen LogP contribution is -2.44. The van der Waals surface area contributed by atoms with E-state index in [-0.39, 0.29) is 0 Å². The van der Waals surface area contributed by atoms with Crippen LogP contribution in [0.5, 0.6) is 0 Å². The van der Waals surface area contributed by atoms with Gasteiger partial charge in [-0.25, -0.2) is 0 Å². The minimum atomic E-state index is 0.954. The molecule has 0 N–H and O–H groups in total. The van der Waals surface area contributed by atoms with Crippen molar-refractivity contribution in [3.8, 4) is 0 Å². The van der Waals surface area contributed by atoms with E-state index < -0.39 is 0 Å². The van der Waals surface area contributed by atoms with Crippen LogP contribution < -0.4 is 4.48 Å². The maximum atomic E-state index is 2.29. The molecule has 1 heteroatoms. The van der Waals surface area contributed by atoms with E-state index in [0.717, 1.165) is 11.0 Å². The van der Waals surface area contributed by atoms with E-state index in [2.05, 4.69) is 74.5 Å². The molecule has 19 heavy (non-hydrogen) atoms. The number of para-hydroxylation sites is 2. The minimum absolute atomic E-state index is 0.954. The Kier molecular flexibility index (Phi) is 4.75. The van der Waals surface area contributed by atoms with Gasteiger partial charge in [0.2, 0.25) is 0 Å². The Bertz CT molecular complexity index is 436. The predicted molar refractivity (Wildman–Crippen MR) is 84.7 cm³/mol. The fraction of sp³-hybridized carbons (Fsp3) is 0.333. The highest BCUT2D eigenvalue weighted by Crippen LogP contribution is 2.34. The summed E-state index contributed by atoms with van der Waals surface area (Å²) in [7, 11) is 0. The number of rotatable bonds is 6. The van der Waals surface area contributed by atoms with Gasteiger partial charge >= 0.3 is 0 Å². The van der Waals surface area contributed by atoms with Crippen LogP contribution >= 0.6 is 0 Å². The first-order chi connectivity index (χ1) is 9.33. The molecule has 0 aromatic heterocycles. The summed E-state index contributed by atoms with van der Waals surface area (Å²) in [5.41, 5.74) is 2.79. The van der Waals surface area contributed by atoms with Gasteiger partial charge in [-0.05, 0) is 37.6 Å². The maximum absolute atomic E-state index is 2.29. The number of hydrogen-bond acceptors (Lipinski definition) is 0. The molecule has 0 saturated carbocycles. The van der Waals surface area contributed by atoms with E-state index in [1.54, 1.807) is 0 Å². The maximum Gasteiger partial charge on any atom is 0.137 e. The van der Waals surface area contributed by atoms with Crippen molar-refractivity contribution in [1.29, 1.82) is 0 Å². The van der Waals surface area contributed by atoms with E-state index in [1.807, 2.05) is 0 Å². The van der Waals surface area contributed by atoms with E-state index in [4.69, 9.17) is 0 Å². The zero-order valence-electron chi connectivity index (χ0n) is 12.0. The van der Waals surface area contributed by atoms with E-state index >= 15 is 0 Å². The van der Waals surface area contributed by atoms with Crippen LogP contribution in [0.3, 0.4) is 0 Å². The van der Waals surface area contributed by atoms with Gasteiger partial charge in [0.15, 0.2) is 0 Å². The molecule has 0 aliphatic carbocycles. The smallest absolute Gasteiger partial charge is 0.137 e. The molecule has 100 valence electrons. The molecule has 2 rings (SSSR count). The van der Waals surface area contributed by atoms with Gasteiger partial charge in [-0.2, -0.15) is 0 Å². The zero-order chi connectivity index (χ0) is 13.6. The summed E-state index contributed by atoms with van der Waals surface area (Å²) in [5.74, 6) is 0. The molecule has 2 aromatic carbocycles. The Morgan fingerprint density at radius 1 is 0.737 bits per heavy atom. The van der Waals surface area contributed by atoms with Crippen molar-refractivity contribution in [1.82, 2.24) is 4.48 Å². The summed E-state index contributed by atoms with van der Waals surface area (Å²) in [5, 5.41) is 0. The summed E-state index contributed by atoms with van der Waals surface area (Å²) >= 11 is 0. The van der Waals surface area contributed by atoms with Gasteiger partial charge in [-0.15, -0.1) is 0 Å². The minimum Gasteiger partial charge on any atom is -0.259 e. The number of benzene rings is 2. The van der Waals surface area contributed by atoms with Gasteiger partial charge in [0.05, 0.1) is 13.1 Å². The lowest BCUT2D eigenvalue weighted by molar-refractivity contribution is 0.390. The Morgan fingerprint density at radius 2 is 1.21 bits per heavy atom. The first-order valence-electron chi connectivity index (χ1n) is 7.32. The van der Waals surface area contributed by atoms with Crippen molar-refractivity contribution >= 4 is 11.4 Å². The van der Waals surface area contributed by atoms with Gasteiger partial charge in [-0.1, -0.05) is 49.7 Å². The molecule has 2 aromatic rings. The largest absolute Gasteiger partial charge is 0.259 e. The third-order valence-corrected chi connectivity index (χ3v) is 3.93. The molecule has 1 nitrogen and oxygen atoms in total. The Morgan fingerprint density at radius 3 is 1.58 bits per heavy atom. The van der Waals surface area contributed by atoms with Crippen molar-refractivity contribution in [2.75, 3.05) is 13.1 Å². The number of nitrogens with zero attached hydrogens (tertiary/aromatic N) is 1. The average molecular weight is 254 g/mol. The van der Waals surface area contributed by atoms with Crippen LogP contribution in [0.4, 0.5) is 11.4 Å². The second-order valence-electron chi connectivity index (χ2n) is 5.03. The molecule has 0 spiro atoms. The highest BCUT2D eigenvalue weighted by Gasteiger charge is 2.30. The predicted octanol–water partition coefficient (Wildman–Crippen LogP) is 5.15. The number of quaternary nitrogens is 1. The fourth-order valence-electron chi connectivity index (χ4n) is 2.79. The molecule has 0 saturated heterocycles. The lowest BCUT2D eigenvalue weighted by Gasteiger charge is -2.37. The topological polar surface area (TPSA) is 0 Å². The van der Waals surface area contributed by atoms with Crippen LogP contribution in [0.1, 0.15) is 26.7 Å². The summed E-state index contributed by atoms with van der Waals surface area (Å²) < 4.78 is 0.954. The molecule has 0 heterocycles. The summed E-state index contributed by atoms with van der Waals surface area (Å²) in [4.78, 5) is 0. The molecule has 0 atom stereocenters. The van der Waals surface area contributed by atoms with E-state index in [1.165, 1.54) is 30.8 Å². The van der Waals surface area contributed by atoms with Crippen molar-refractivity contribution in [2.45, 2.75) is 26.7 Å². The first kappa shape index (κ1) is 13.8. The van der Waals surface area contributed by atoms with Crippen molar-refractivity contribution in [2.24, 2.45) is 0 Å². The molecule has 0 radical (unpaired) electrons. The van der Waals surface area contributed by atoms with Crippen LogP contribution in [0.15, 0.2) is 60.7 Å². The van der Waals surface area contributed by atoms with Gasteiger partial charge in [-0.3, -0.25) is 4.48 Å². The van der Waals surface area contributed by atoms with Gasteiger partial charge in [0, 0.05) is 0 Å².